The number of hydrogen-bond donors (Lipinski definition) is 0. The second-order valence-electron chi connectivity index (χ2n) is 6.48. The van der Waals surface area contributed by atoms with Crippen molar-refractivity contribution in [3.8, 4) is 5.75 Å². The molecule has 0 aliphatic rings. The number of Topliss-reactive ketones (excluding diaryl/α,β-unsaturated/α-hetero) is 1. The topological polar surface area (TPSA) is 70.4 Å². The van der Waals surface area contributed by atoms with Crippen LogP contribution in [0.2, 0.25) is 0 Å². The van der Waals surface area contributed by atoms with E-state index in [9.17, 15) is 22.8 Å². The number of nitrogens with zero attached hydrogens (tertiary/aromatic N) is 2. The van der Waals surface area contributed by atoms with Crippen LogP contribution in [0.1, 0.15) is 35.6 Å². The van der Waals surface area contributed by atoms with Gasteiger partial charge in [0.2, 0.25) is 5.82 Å². The van der Waals surface area contributed by atoms with Crippen LogP contribution in [0.15, 0.2) is 42.5 Å². The van der Waals surface area contributed by atoms with Crippen molar-refractivity contribution in [2.75, 3.05) is 6.61 Å². The van der Waals surface area contributed by atoms with Crippen LogP contribution >= 0.6 is 0 Å². The molecule has 2 aromatic carbocycles. The van der Waals surface area contributed by atoms with Gasteiger partial charge in [0.25, 0.3) is 0 Å². The van der Waals surface area contributed by atoms with Crippen molar-refractivity contribution in [2.24, 2.45) is 0 Å². The number of benzene rings is 2. The fourth-order valence-corrected chi connectivity index (χ4v) is 2.99. The molecule has 1 heterocycles. The number of carbonyl (C=O) groups is 2. The zero-order valence-electron chi connectivity index (χ0n) is 16.3. The van der Waals surface area contributed by atoms with E-state index in [-0.39, 0.29) is 23.4 Å². The van der Waals surface area contributed by atoms with Gasteiger partial charge in [0, 0.05) is 11.1 Å². The fraction of sp³-hybridized carbons (Fsp3) is 0.286. The number of rotatable bonds is 7. The van der Waals surface area contributed by atoms with E-state index >= 15 is 0 Å². The standard InChI is InChI=1S/C21H19F3N2O4/c1-3-29-18-9-8-14(13(2)27)10-15(18)12-30-19(28)11-26-17-7-5-4-6-16(17)25-20(26)21(22,23)24/h4-10H,3,11-12H2,1-2H3. The highest BCUT2D eigenvalue weighted by atomic mass is 19.4. The Balaban J connectivity index is 1.82. The first-order valence-corrected chi connectivity index (χ1v) is 9.15. The van der Waals surface area contributed by atoms with E-state index in [2.05, 4.69) is 4.98 Å². The Hall–Kier alpha value is -3.36. The average molecular weight is 420 g/mol. The SMILES string of the molecule is CCOc1ccc(C(C)=O)cc1COC(=O)Cn1c(C(F)(F)F)nc2ccccc21. The molecule has 0 saturated heterocycles. The Morgan fingerprint density at radius 2 is 1.87 bits per heavy atom. The molecule has 0 unspecified atom stereocenters. The van der Waals surface area contributed by atoms with Gasteiger partial charge in [0.15, 0.2) is 5.78 Å². The molecule has 3 rings (SSSR count). The molecule has 30 heavy (non-hydrogen) atoms. The summed E-state index contributed by atoms with van der Waals surface area (Å²) in [6.45, 7) is 2.62. The number of esters is 1. The summed E-state index contributed by atoms with van der Waals surface area (Å²) in [5, 5.41) is 0. The lowest BCUT2D eigenvalue weighted by Gasteiger charge is -2.13. The Labute approximate surface area is 170 Å². The van der Waals surface area contributed by atoms with Crippen LogP contribution in [0.5, 0.6) is 5.75 Å². The molecular formula is C21H19F3N2O4. The molecule has 0 spiro atoms. The minimum atomic E-state index is -4.72. The van der Waals surface area contributed by atoms with Crippen LogP contribution in [0, 0.1) is 0 Å². The lowest BCUT2D eigenvalue weighted by atomic mass is 10.1. The molecule has 9 heteroatoms. The van der Waals surface area contributed by atoms with E-state index in [1.807, 2.05) is 0 Å². The monoisotopic (exact) mass is 420 g/mol. The molecule has 158 valence electrons. The van der Waals surface area contributed by atoms with Crippen LogP contribution in [-0.2, 0) is 28.9 Å². The van der Waals surface area contributed by atoms with Gasteiger partial charge < -0.3 is 14.0 Å². The number of aromatic nitrogens is 2. The second-order valence-corrected chi connectivity index (χ2v) is 6.48. The molecule has 0 aliphatic heterocycles. The number of hydrogen-bond acceptors (Lipinski definition) is 5. The number of ether oxygens (including phenoxy) is 2. The van der Waals surface area contributed by atoms with Crippen molar-refractivity contribution in [2.45, 2.75) is 33.2 Å². The van der Waals surface area contributed by atoms with Gasteiger partial charge in [-0.15, -0.1) is 0 Å². The van der Waals surface area contributed by atoms with Crippen LogP contribution < -0.4 is 4.74 Å². The zero-order valence-corrected chi connectivity index (χ0v) is 16.3. The van der Waals surface area contributed by atoms with E-state index in [1.54, 1.807) is 31.2 Å². The Morgan fingerprint density at radius 1 is 1.13 bits per heavy atom. The maximum absolute atomic E-state index is 13.4. The van der Waals surface area contributed by atoms with Gasteiger partial charge in [-0.3, -0.25) is 9.59 Å². The molecular weight excluding hydrogens is 401 g/mol. The molecule has 3 aromatic rings. The van der Waals surface area contributed by atoms with Crippen molar-refractivity contribution in [3.63, 3.8) is 0 Å². The highest BCUT2D eigenvalue weighted by Crippen LogP contribution is 2.31. The van der Waals surface area contributed by atoms with Crippen molar-refractivity contribution in [1.29, 1.82) is 0 Å². The van der Waals surface area contributed by atoms with Gasteiger partial charge in [-0.05, 0) is 44.2 Å². The highest BCUT2D eigenvalue weighted by molar-refractivity contribution is 5.94. The Bertz CT molecular complexity index is 1090. The van der Waals surface area contributed by atoms with E-state index in [0.29, 0.717) is 23.5 Å². The second kappa shape index (κ2) is 8.56. The fourth-order valence-electron chi connectivity index (χ4n) is 2.99. The number of imidazole rings is 1. The van der Waals surface area contributed by atoms with E-state index < -0.39 is 24.5 Å². The van der Waals surface area contributed by atoms with Gasteiger partial charge in [-0.25, -0.2) is 4.98 Å². The molecule has 0 aliphatic carbocycles. The first-order valence-electron chi connectivity index (χ1n) is 9.15. The largest absolute Gasteiger partial charge is 0.493 e. The summed E-state index contributed by atoms with van der Waals surface area (Å²) >= 11 is 0. The average Bonchev–Trinajstić information content (AvgIpc) is 3.06. The van der Waals surface area contributed by atoms with Crippen molar-refractivity contribution >= 4 is 22.8 Å². The highest BCUT2D eigenvalue weighted by Gasteiger charge is 2.38. The first kappa shape index (κ1) is 21.4. The normalized spacial score (nSPS) is 11.5. The molecule has 6 nitrogen and oxygen atoms in total. The van der Waals surface area contributed by atoms with Crippen LogP contribution in [0.25, 0.3) is 11.0 Å². The summed E-state index contributed by atoms with van der Waals surface area (Å²) in [6.07, 6.45) is -4.72. The number of para-hydroxylation sites is 2. The summed E-state index contributed by atoms with van der Waals surface area (Å²) in [6, 6.07) is 10.7. The van der Waals surface area contributed by atoms with Gasteiger partial charge >= 0.3 is 12.1 Å². The summed E-state index contributed by atoms with van der Waals surface area (Å²) in [4.78, 5) is 27.6. The predicted octanol–water partition coefficient (Wildman–Crippen LogP) is 4.40. The predicted molar refractivity (Wildman–Crippen MR) is 102 cm³/mol. The molecule has 0 saturated carbocycles. The Morgan fingerprint density at radius 3 is 2.53 bits per heavy atom. The number of fused-ring (bicyclic) bond motifs is 1. The number of ketones is 1. The van der Waals surface area contributed by atoms with E-state index in [1.165, 1.54) is 25.1 Å². The van der Waals surface area contributed by atoms with E-state index in [4.69, 9.17) is 9.47 Å². The number of carbonyl (C=O) groups excluding carboxylic acids is 2. The van der Waals surface area contributed by atoms with Crippen LogP contribution in [0.3, 0.4) is 0 Å². The lowest BCUT2D eigenvalue weighted by Crippen LogP contribution is -2.20. The van der Waals surface area contributed by atoms with Gasteiger partial charge in [0.05, 0.1) is 17.6 Å². The maximum atomic E-state index is 13.4. The third-order valence-corrected chi connectivity index (χ3v) is 4.35. The number of alkyl halides is 3. The van der Waals surface area contributed by atoms with Crippen LogP contribution in [0.4, 0.5) is 13.2 Å². The third kappa shape index (κ3) is 4.61. The first-order chi connectivity index (χ1) is 14.2. The van der Waals surface area contributed by atoms with Crippen LogP contribution in [-0.4, -0.2) is 27.9 Å². The van der Waals surface area contributed by atoms with Crippen molar-refractivity contribution in [1.82, 2.24) is 9.55 Å². The van der Waals surface area contributed by atoms with Crippen molar-refractivity contribution in [3.05, 3.63) is 59.4 Å². The summed E-state index contributed by atoms with van der Waals surface area (Å²) in [5.74, 6) is -1.79. The summed E-state index contributed by atoms with van der Waals surface area (Å²) < 4.78 is 51.5. The molecule has 0 N–H and O–H groups in total. The molecule has 0 fully saturated rings. The van der Waals surface area contributed by atoms with Crippen molar-refractivity contribution < 1.29 is 32.2 Å². The summed E-state index contributed by atoms with van der Waals surface area (Å²) in [7, 11) is 0. The molecule has 0 atom stereocenters. The Kier molecular flexibility index (Phi) is 6.09. The molecule has 0 radical (unpaired) electrons. The number of halogens is 3. The smallest absolute Gasteiger partial charge is 0.449 e. The lowest BCUT2D eigenvalue weighted by molar-refractivity contribution is -0.151. The molecule has 1 aromatic heterocycles. The minimum Gasteiger partial charge on any atom is -0.493 e. The van der Waals surface area contributed by atoms with Gasteiger partial charge in [-0.2, -0.15) is 13.2 Å². The summed E-state index contributed by atoms with van der Waals surface area (Å²) in [5.41, 5.74) is 1.16. The van der Waals surface area contributed by atoms with Gasteiger partial charge in [0.1, 0.15) is 18.9 Å². The van der Waals surface area contributed by atoms with Gasteiger partial charge in [-0.1, -0.05) is 12.1 Å². The minimum absolute atomic E-state index is 0.130. The quantitative estimate of drug-likeness (QED) is 0.419. The van der Waals surface area contributed by atoms with E-state index in [0.717, 1.165) is 4.57 Å². The zero-order chi connectivity index (χ0) is 21.9. The maximum Gasteiger partial charge on any atom is 0.449 e. The molecule has 0 bridgehead atoms. The molecule has 0 amide bonds. The third-order valence-electron chi connectivity index (χ3n) is 4.35.